The van der Waals surface area contributed by atoms with Crippen molar-refractivity contribution in [3.63, 3.8) is 0 Å². The molecule has 0 aliphatic heterocycles. The summed E-state index contributed by atoms with van der Waals surface area (Å²) in [5.74, 6) is 0.286. The highest BCUT2D eigenvalue weighted by Gasteiger charge is 2.18. The minimum Gasteiger partial charge on any atom is -0.268 e. The largest absolute Gasteiger partial charge is 0.268 e. The van der Waals surface area contributed by atoms with Crippen LogP contribution in [0.4, 0.5) is 0 Å². The van der Waals surface area contributed by atoms with Gasteiger partial charge in [-0.15, -0.1) is 0 Å². The van der Waals surface area contributed by atoms with Gasteiger partial charge in [-0.05, 0) is 35.4 Å². The molecule has 0 aliphatic rings. The Kier molecular flexibility index (Phi) is 4.04. The van der Waals surface area contributed by atoms with E-state index in [9.17, 15) is 4.79 Å². The van der Waals surface area contributed by atoms with E-state index in [4.69, 9.17) is 5.26 Å². The zero-order valence-corrected chi connectivity index (χ0v) is 14.0. The minimum atomic E-state index is -0.177. The van der Waals surface area contributed by atoms with Crippen molar-refractivity contribution in [1.82, 2.24) is 9.55 Å². The molecule has 0 saturated carbocycles. The van der Waals surface area contributed by atoms with Gasteiger partial charge >= 0.3 is 0 Å². The first-order valence-corrected chi connectivity index (χ1v) is 8.31. The van der Waals surface area contributed by atoms with Gasteiger partial charge in [0.05, 0.1) is 23.5 Å². The lowest BCUT2D eigenvalue weighted by molar-refractivity contribution is 0.0962. The molecule has 4 nitrogen and oxygen atoms in total. The molecule has 4 heteroatoms. The molecule has 3 aromatic carbocycles. The molecule has 0 bridgehead atoms. The van der Waals surface area contributed by atoms with Crippen molar-refractivity contribution in [2.45, 2.75) is 6.42 Å². The van der Waals surface area contributed by atoms with Crippen molar-refractivity contribution in [2.75, 3.05) is 0 Å². The Labute approximate surface area is 151 Å². The molecule has 0 aliphatic carbocycles. The maximum absolute atomic E-state index is 13.1. The molecule has 0 fully saturated rings. The molecule has 0 unspecified atom stereocenters. The van der Waals surface area contributed by atoms with Crippen molar-refractivity contribution in [2.24, 2.45) is 0 Å². The first-order chi connectivity index (χ1) is 12.8. The van der Waals surface area contributed by atoms with Crippen molar-refractivity contribution in [3.05, 3.63) is 90.3 Å². The second kappa shape index (κ2) is 6.66. The summed E-state index contributed by atoms with van der Waals surface area (Å²) in [6.45, 7) is 0. The number of aromatic nitrogens is 2. The number of fused-ring (bicyclic) bond motifs is 1. The fourth-order valence-corrected chi connectivity index (χ4v) is 3.06. The van der Waals surface area contributed by atoms with E-state index < -0.39 is 0 Å². The summed E-state index contributed by atoms with van der Waals surface area (Å²) in [5.41, 5.74) is 4.15. The third kappa shape index (κ3) is 2.76. The Bertz CT molecular complexity index is 1120. The highest BCUT2D eigenvalue weighted by atomic mass is 16.2. The van der Waals surface area contributed by atoms with Crippen molar-refractivity contribution in [3.8, 4) is 17.2 Å². The van der Waals surface area contributed by atoms with Crippen LogP contribution in [0.2, 0.25) is 0 Å². The summed E-state index contributed by atoms with van der Waals surface area (Å²) in [7, 11) is 0. The Hall–Kier alpha value is -3.71. The zero-order chi connectivity index (χ0) is 17.9. The summed E-state index contributed by atoms with van der Waals surface area (Å²) in [5, 5.41) is 9.07. The van der Waals surface area contributed by atoms with Crippen LogP contribution in [0, 0.1) is 11.3 Å². The Morgan fingerprint density at radius 3 is 2.27 bits per heavy atom. The maximum atomic E-state index is 13.1. The second-order valence-electron chi connectivity index (χ2n) is 5.94. The number of imidazole rings is 1. The van der Waals surface area contributed by atoms with E-state index >= 15 is 0 Å². The normalized spacial score (nSPS) is 10.6. The molecule has 0 N–H and O–H groups in total. The molecular weight excluding hydrogens is 322 g/mol. The average Bonchev–Trinajstić information content (AvgIpc) is 3.06. The van der Waals surface area contributed by atoms with E-state index in [-0.39, 0.29) is 12.3 Å². The van der Waals surface area contributed by atoms with Crippen LogP contribution in [0.15, 0.2) is 78.9 Å². The molecule has 1 aromatic heterocycles. The predicted octanol–water partition coefficient (Wildman–Crippen LogP) is 4.46. The molecule has 0 radical (unpaired) electrons. The van der Waals surface area contributed by atoms with E-state index in [1.165, 1.54) is 4.57 Å². The van der Waals surface area contributed by atoms with E-state index in [1.807, 2.05) is 78.9 Å². The summed E-state index contributed by atoms with van der Waals surface area (Å²) < 4.78 is 1.54. The highest BCUT2D eigenvalue weighted by Crippen LogP contribution is 2.22. The molecule has 1 heterocycles. The minimum absolute atomic E-state index is 0.0858. The van der Waals surface area contributed by atoms with Crippen molar-refractivity contribution in [1.29, 1.82) is 5.26 Å². The fourth-order valence-electron chi connectivity index (χ4n) is 3.06. The quantitative estimate of drug-likeness (QED) is 0.554. The molecule has 0 amide bonds. The molecule has 4 rings (SSSR count). The van der Waals surface area contributed by atoms with Gasteiger partial charge in [0.25, 0.3) is 5.91 Å². The SMILES string of the molecule is N#CCc1nc2ccccc2n1C(=O)c1ccc(-c2ccccc2)cc1. The van der Waals surface area contributed by atoms with Gasteiger partial charge in [-0.1, -0.05) is 54.6 Å². The fraction of sp³-hybridized carbons (Fsp3) is 0.0455. The Balaban J connectivity index is 1.75. The van der Waals surface area contributed by atoms with E-state index in [2.05, 4.69) is 11.1 Å². The van der Waals surface area contributed by atoms with Crippen LogP contribution >= 0.6 is 0 Å². The van der Waals surface area contributed by atoms with Crippen molar-refractivity contribution >= 4 is 16.9 Å². The van der Waals surface area contributed by atoms with E-state index in [0.29, 0.717) is 16.9 Å². The molecule has 0 saturated heterocycles. The van der Waals surface area contributed by atoms with Gasteiger partial charge in [-0.25, -0.2) is 4.98 Å². The number of rotatable bonds is 3. The maximum Gasteiger partial charge on any atom is 0.263 e. The number of nitriles is 1. The lowest BCUT2D eigenvalue weighted by Gasteiger charge is -2.08. The average molecular weight is 337 g/mol. The molecule has 4 aromatic rings. The lowest BCUT2D eigenvalue weighted by Crippen LogP contribution is -2.15. The lowest BCUT2D eigenvalue weighted by atomic mass is 10.0. The van der Waals surface area contributed by atoms with Crippen LogP contribution in [0.25, 0.3) is 22.2 Å². The summed E-state index contributed by atoms with van der Waals surface area (Å²) in [6, 6.07) is 27.0. The highest BCUT2D eigenvalue weighted by molar-refractivity contribution is 6.02. The summed E-state index contributed by atoms with van der Waals surface area (Å²) in [4.78, 5) is 17.5. The molecule has 124 valence electrons. The first-order valence-electron chi connectivity index (χ1n) is 8.31. The van der Waals surface area contributed by atoms with Gasteiger partial charge in [0.15, 0.2) is 0 Å². The van der Waals surface area contributed by atoms with E-state index in [0.717, 1.165) is 16.6 Å². The van der Waals surface area contributed by atoms with Gasteiger partial charge < -0.3 is 0 Å². The molecule has 0 atom stereocenters. The third-order valence-electron chi connectivity index (χ3n) is 4.31. The summed E-state index contributed by atoms with van der Waals surface area (Å²) in [6.07, 6.45) is 0.0858. The van der Waals surface area contributed by atoms with Crippen LogP contribution in [0.3, 0.4) is 0 Å². The number of benzene rings is 3. The van der Waals surface area contributed by atoms with Crippen LogP contribution < -0.4 is 0 Å². The van der Waals surface area contributed by atoms with Crippen LogP contribution in [-0.2, 0) is 6.42 Å². The van der Waals surface area contributed by atoms with Gasteiger partial charge in [0.1, 0.15) is 5.82 Å². The topological polar surface area (TPSA) is 58.7 Å². The van der Waals surface area contributed by atoms with Crippen LogP contribution in [0.1, 0.15) is 16.2 Å². The number of carbonyl (C=O) groups excluding carboxylic acids is 1. The standard InChI is InChI=1S/C22H15N3O/c23-15-14-21-24-19-8-4-5-9-20(19)25(21)22(26)18-12-10-17(11-13-18)16-6-2-1-3-7-16/h1-13H,14H2. The molecule has 0 spiro atoms. The van der Waals surface area contributed by atoms with Gasteiger partial charge in [-0.2, -0.15) is 5.26 Å². The number of nitrogens with zero attached hydrogens (tertiary/aromatic N) is 3. The first kappa shape index (κ1) is 15.8. The van der Waals surface area contributed by atoms with E-state index in [1.54, 1.807) is 0 Å². The van der Waals surface area contributed by atoms with Gasteiger partial charge in [-0.3, -0.25) is 9.36 Å². The van der Waals surface area contributed by atoms with Crippen molar-refractivity contribution < 1.29 is 4.79 Å². The van der Waals surface area contributed by atoms with Gasteiger partial charge in [0, 0.05) is 5.56 Å². The summed E-state index contributed by atoms with van der Waals surface area (Å²) >= 11 is 0. The number of hydrogen-bond donors (Lipinski definition) is 0. The smallest absolute Gasteiger partial charge is 0.263 e. The second-order valence-corrected chi connectivity index (χ2v) is 5.94. The molecule has 26 heavy (non-hydrogen) atoms. The predicted molar refractivity (Wildman–Crippen MR) is 101 cm³/mol. The monoisotopic (exact) mass is 337 g/mol. The Morgan fingerprint density at radius 1 is 0.885 bits per heavy atom. The number of para-hydroxylation sites is 2. The van der Waals surface area contributed by atoms with Crippen LogP contribution in [0.5, 0.6) is 0 Å². The number of hydrogen-bond acceptors (Lipinski definition) is 3. The van der Waals surface area contributed by atoms with Crippen LogP contribution in [-0.4, -0.2) is 15.5 Å². The third-order valence-corrected chi connectivity index (χ3v) is 4.31. The van der Waals surface area contributed by atoms with Gasteiger partial charge in [0.2, 0.25) is 0 Å². The Morgan fingerprint density at radius 2 is 1.54 bits per heavy atom. The zero-order valence-electron chi connectivity index (χ0n) is 14.0. The molecular formula is C22H15N3O. The number of carbonyl (C=O) groups is 1.